The molecule has 2 aromatic heterocycles. The SMILES string of the molecule is Cc1cc(-c2nnc(CN3CCCC(CO)C3)o2)c(C)o1. The Morgan fingerprint density at radius 1 is 1.33 bits per heavy atom. The van der Waals surface area contributed by atoms with E-state index in [1.807, 2.05) is 19.9 Å². The van der Waals surface area contributed by atoms with Crippen LogP contribution in [0.4, 0.5) is 0 Å². The first kappa shape index (κ1) is 14.3. The molecule has 0 saturated carbocycles. The molecule has 1 aliphatic rings. The van der Waals surface area contributed by atoms with E-state index in [0.29, 0.717) is 24.2 Å². The van der Waals surface area contributed by atoms with Gasteiger partial charge >= 0.3 is 0 Å². The number of aromatic nitrogens is 2. The Hall–Kier alpha value is -1.66. The molecule has 1 unspecified atom stereocenters. The van der Waals surface area contributed by atoms with E-state index in [-0.39, 0.29) is 6.61 Å². The highest BCUT2D eigenvalue weighted by atomic mass is 16.4. The van der Waals surface area contributed by atoms with Gasteiger partial charge in [0.2, 0.25) is 5.89 Å². The number of nitrogens with zero attached hydrogens (tertiary/aromatic N) is 3. The van der Waals surface area contributed by atoms with Gasteiger partial charge < -0.3 is 13.9 Å². The molecular formula is C15H21N3O3. The van der Waals surface area contributed by atoms with Gasteiger partial charge in [-0.05, 0) is 45.2 Å². The largest absolute Gasteiger partial charge is 0.466 e. The van der Waals surface area contributed by atoms with Crippen molar-refractivity contribution in [2.75, 3.05) is 19.7 Å². The lowest BCUT2D eigenvalue weighted by molar-refractivity contribution is 0.109. The predicted octanol–water partition coefficient (Wildman–Crippen LogP) is 2.15. The van der Waals surface area contributed by atoms with Crippen molar-refractivity contribution < 1.29 is 13.9 Å². The molecule has 1 aliphatic heterocycles. The molecule has 1 saturated heterocycles. The second-order valence-electron chi connectivity index (χ2n) is 5.75. The van der Waals surface area contributed by atoms with Gasteiger partial charge in [-0.3, -0.25) is 4.90 Å². The number of aliphatic hydroxyl groups is 1. The molecule has 0 bridgehead atoms. The summed E-state index contributed by atoms with van der Waals surface area (Å²) in [7, 11) is 0. The van der Waals surface area contributed by atoms with Crippen LogP contribution in [0.3, 0.4) is 0 Å². The van der Waals surface area contributed by atoms with Crippen molar-refractivity contribution in [2.24, 2.45) is 5.92 Å². The summed E-state index contributed by atoms with van der Waals surface area (Å²) in [5.74, 6) is 3.11. The monoisotopic (exact) mass is 291 g/mol. The van der Waals surface area contributed by atoms with Gasteiger partial charge in [-0.2, -0.15) is 0 Å². The van der Waals surface area contributed by atoms with Gasteiger partial charge in [-0.1, -0.05) is 0 Å². The summed E-state index contributed by atoms with van der Waals surface area (Å²) < 4.78 is 11.2. The minimum Gasteiger partial charge on any atom is -0.466 e. The van der Waals surface area contributed by atoms with Crippen LogP contribution < -0.4 is 0 Å². The molecule has 1 atom stereocenters. The minimum absolute atomic E-state index is 0.249. The maximum atomic E-state index is 9.27. The van der Waals surface area contributed by atoms with Crippen LogP contribution in [0.1, 0.15) is 30.3 Å². The fourth-order valence-electron chi connectivity index (χ4n) is 2.90. The van der Waals surface area contributed by atoms with Crippen molar-refractivity contribution in [3.8, 4) is 11.5 Å². The van der Waals surface area contributed by atoms with Crippen molar-refractivity contribution in [1.82, 2.24) is 15.1 Å². The van der Waals surface area contributed by atoms with Crippen molar-refractivity contribution in [2.45, 2.75) is 33.2 Å². The molecular weight excluding hydrogens is 270 g/mol. The summed E-state index contributed by atoms with van der Waals surface area (Å²) in [6, 6.07) is 1.91. The molecule has 0 radical (unpaired) electrons. The summed E-state index contributed by atoms with van der Waals surface area (Å²) in [6.45, 7) is 6.58. The normalized spacial score (nSPS) is 20.0. The molecule has 0 amide bonds. The van der Waals surface area contributed by atoms with Crippen molar-refractivity contribution in [1.29, 1.82) is 0 Å². The molecule has 1 fully saturated rings. The average molecular weight is 291 g/mol. The highest BCUT2D eigenvalue weighted by Crippen LogP contribution is 2.26. The molecule has 0 aliphatic carbocycles. The quantitative estimate of drug-likeness (QED) is 0.930. The molecule has 1 N–H and O–H groups in total. The third kappa shape index (κ3) is 3.16. The van der Waals surface area contributed by atoms with E-state index in [1.54, 1.807) is 0 Å². The Bertz CT molecular complexity index is 605. The van der Waals surface area contributed by atoms with Crippen LogP contribution in [0.2, 0.25) is 0 Å². The number of furan rings is 1. The number of aryl methyl sites for hydroxylation is 2. The van der Waals surface area contributed by atoms with Crippen molar-refractivity contribution >= 4 is 0 Å². The second kappa shape index (κ2) is 5.99. The van der Waals surface area contributed by atoms with E-state index in [1.165, 1.54) is 0 Å². The van der Waals surface area contributed by atoms with Crippen LogP contribution in [0, 0.1) is 19.8 Å². The highest BCUT2D eigenvalue weighted by Gasteiger charge is 2.21. The molecule has 114 valence electrons. The number of piperidine rings is 1. The number of hydrogen-bond acceptors (Lipinski definition) is 6. The lowest BCUT2D eigenvalue weighted by Crippen LogP contribution is -2.36. The zero-order valence-corrected chi connectivity index (χ0v) is 12.5. The van der Waals surface area contributed by atoms with Crippen molar-refractivity contribution in [3.05, 3.63) is 23.5 Å². The Morgan fingerprint density at radius 2 is 2.19 bits per heavy atom. The maximum Gasteiger partial charge on any atom is 0.251 e. The van der Waals surface area contributed by atoms with Crippen LogP contribution in [-0.4, -0.2) is 39.9 Å². The zero-order chi connectivity index (χ0) is 14.8. The van der Waals surface area contributed by atoms with E-state index < -0.39 is 0 Å². The van der Waals surface area contributed by atoms with Gasteiger partial charge in [-0.15, -0.1) is 10.2 Å². The van der Waals surface area contributed by atoms with Crippen LogP contribution in [0.15, 0.2) is 14.9 Å². The Kier molecular flexibility index (Phi) is 4.07. The van der Waals surface area contributed by atoms with Gasteiger partial charge in [0.25, 0.3) is 5.89 Å². The van der Waals surface area contributed by atoms with E-state index in [4.69, 9.17) is 8.83 Å². The first-order chi connectivity index (χ1) is 10.2. The highest BCUT2D eigenvalue weighted by molar-refractivity contribution is 5.55. The fraction of sp³-hybridized carbons (Fsp3) is 0.600. The third-order valence-corrected chi connectivity index (χ3v) is 3.96. The summed E-state index contributed by atoms with van der Waals surface area (Å²) in [4.78, 5) is 2.26. The topological polar surface area (TPSA) is 75.5 Å². The molecule has 6 heteroatoms. The Balaban J connectivity index is 1.69. The van der Waals surface area contributed by atoms with Gasteiger partial charge in [0.15, 0.2) is 0 Å². The Morgan fingerprint density at radius 3 is 2.90 bits per heavy atom. The van der Waals surface area contributed by atoms with Crippen LogP contribution in [-0.2, 0) is 6.54 Å². The Labute approximate surface area is 123 Å². The molecule has 21 heavy (non-hydrogen) atoms. The van der Waals surface area contributed by atoms with Crippen LogP contribution >= 0.6 is 0 Å². The number of hydrogen-bond donors (Lipinski definition) is 1. The first-order valence-corrected chi connectivity index (χ1v) is 7.38. The smallest absolute Gasteiger partial charge is 0.251 e. The molecule has 3 rings (SSSR count). The summed E-state index contributed by atoms with van der Waals surface area (Å²) in [5, 5.41) is 17.5. The van der Waals surface area contributed by atoms with Gasteiger partial charge in [0, 0.05) is 13.2 Å². The number of rotatable bonds is 4. The first-order valence-electron chi connectivity index (χ1n) is 7.38. The van der Waals surface area contributed by atoms with Gasteiger partial charge in [0.1, 0.15) is 11.5 Å². The average Bonchev–Trinajstić information content (AvgIpc) is 3.05. The molecule has 3 heterocycles. The molecule has 0 spiro atoms. The van der Waals surface area contributed by atoms with Crippen molar-refractivity contribution in [3.63, 3.8) is 0 Å². The lowest BCUT2D eigenvalue weighted by Gasteiger charge is -2.30. The van der Waals surface area contributed by atoms with Gasteiger partial charge in [0.05, 0.1) is 12.1 Å². The lowest BCUT2D eigenvalue weighted by atomic mass is 9.99. The van der Waals surface area contributed by atoms with E-state index >= 15 is 0 Å². The summed E-state index contributed by atoms with van der Waals surface area (Å²) >= 11 is 0. The van der Waals surface area contributed by atoms with Crippen LogP contribution in [0.25, 0.3) is 11.5 Å². The van der Waals surface area contributed by atoms with Crippen LogP contribution in [0.5, 0.6) is 0 Å². The van der Waals surface area contributed by atoms with E-state index in [0.717, 1.165) is 43.0 Å². The standard InChI is InChI=1S/C15H21N3O3/c1-10-6-13(11(2)20-10)15-17-16-14(21-15)8-18-5-3-4-12(7-18)9-19/h6,12,19H,3-5,7-9H2,1-2H3. The molecule has 2 aromatic rings. The number of aliphatic hydroxyl groups excluding tert-OH is 1. The zero-order valence-electron chi connectivity index (χ0n) is 12.5. The predicted molar refractivity (Wildman–Crippen MR) is 76.6 cm³/mol. The van der Waals surface area contributed by atoms with Gasteiger partial charge in [-0.25, -0.2) is 0 Å². The molecule has 6 nitrogen and oxygen atoms in total. The van der Waals surface area contributed by atoms with E-state index in [9.17, 15) is 5.11 Å². The minimum atomic E-state index is 0.249. The second-order valence-corrected chi connectivity index (χ2v) is 5.75. The fourth-order valence-corrected chi connectivity index (χ4v) is 2.90. The number of likely N-dealkylation sites (tertiary alicyclic amines) is 1. The summed E-state index contributed by atoms with van der Waals surface area (Å²) in [6.07, 6.45) is 2.20. The summed E-state index contributed by atoms with van der Waals surface area (Å²) in [5.41, 5.74) is 0.859. The van der Waals surface area contributed by atoms with E-state index in [2.05, 4.69) is 15.1 Å². The third-order valence-electron chi connectivity index (χ3n) is 3.96. The maximum absolute atomic E-state index is 9.27. The molecule has 0 aromatic carbocycles.